The van der Waals surface area contributed by atoms with Gasteiger partial charge in [-0.05, 0) is 25.3 Å². The van der Waals surface area contributed by atoms with Crippen molar-refractivity contribution in [3.63, 3.8) is 0 Å². The molecular formula is C10H16N2O4S2. The van der Waals surface area contributed by atoms with E-state index in [4.69, 9.17) is 0 Å². The molecule has 6 nitrogen and oxygen atoms in total. The van der Waals surface area contributed by atoms with E-state index in [1.807, 2.05) is 0 Å². The standard InChI is InChI=1S/C10H16N2O4S2/c1-7(2)12(3)18(14,15)11-8-5-6-17-9(8)10(13)16-4/h5-7,11H,1-4H3. The molecule has 0 aliphatic heterocycles. The Kier molecular flexibility index (Phi) is 4.71. The van der Waals surface area contributed by atoms with Crippen LogP contribution in [0.25, 0.3) is 0 Å². The van der Waals surface area contributed by atoms with Gasteiger partial charge in [0.25, 0.3) is 0 Å². The second kappa shape index (κ2) is 5.68. The Labute approximate surface area is 111 Å². The zero-order valence-corrected chi connectivity index (χ0v) is 12.3. The van der Waals surface area contributed by atoms with E-state index < -0.39 is 16.2 Å². The molecule has 1 heterocycles. The molecule has 1 aromatic rings. The van der Waals surface area contributed by atoms with E-state index in [1.54, 1.807) is 19.2 Å². The number of ether oxygens (including phenoxy) is 1. The van der Waals surface area contributed by atoms with Crippen molar-refractivity contribution in [2.24, 2.45) is 0 Å². The average molecular weight is 292 g/mol. The lowest BCUT2D eigenvalue weighted by Crippen LogP contribution is -2.37. The Morgan fingerprint density at radius 3 is 2.61 bits per heavy atom. The molecule has 0 aromatic carbocycles. The Hall–Kier alpha value is -1.12. The van der Waals surface area contributed by atoms with Gasteiger partial charge in [-0.25, -0.2) is 4.79 Å². The molecule has 0 bridgehead atoms. The molecule has 0 saturated carbocycles. The molecule has 0 atom stereocenters. The van der Waals surface area contributed by atoms with Crippen molar-refractivity contribution < 1.29 is 17.9 Å². The molecule has 0 spiro atoms. The van der Waals surface area contributed by atoms with Gasteiger partial charge in [-0.3, -0.25) is 4.72 Å². The first-order chi connectivity index (χ1) is 8.29. The van der Waals surface area contributed by atoms with Crippen LogP contribution in [0, 0.1) is 0 Å². The van der Waals surface area contributed by atoms with Gasteiger partial charge in [-0.1, -0.05) is 0 Å². The number of carbonyl (C=O) groups excluding carboxylic acids is 1. The minimum absolute atomic E-state index is 0.178. The fraction of sp³-hybridized carbons (Fsp3) is 0.500. The van der Waals surface area contributed by atoms with Crippen LogP contribution in [0.4, 0.5) is 5.69 Å². The summed E-state index contributed by atoms with van der Waals surface area (Å²) in [4.78, 5) is 11.7. The van der Waals surface area contributed by atoms with E-state index >= 15 is 0 Å². The molecule has 0 aliphatic carbocycles. The fourth-order valence-electron chi connectivity index (χ4n) is 1.13. The molecule has 0 unspecified atom stereocenters. The maximum atomic E-state index is 12.0. The highest BCUT2D eigenvalue weighted by Crippen LogP contribution is 2.24. The van der Waals surface area contributed by atoms with Crippen LogP contribution in [0.5, 0.6) is 0 Å². The first kappa shape index (κ1) is 14.9. The molecule has 1 N–H and O–H groups in total. The lowest BCUT2D eigenvalue weighted by molar-refractivity contribution is 0.0607. The van der Waals surface area contributed by atoms with E-state index in [1.165, 1.54) is 24.5 Å². The summed E-state index contributed by atoms with van der Waals surface area (Å²) in [6.07, 6.45) is 0. The van der Waals surface area contributed by atoms with Crippen molar-refractivity contribution in [2.45, 2.75) is 19.9 Å². The van der Waals surface area contributed by atoms with Gasteiger partial charge < -0.3 is 4.74 Å². The highest BCUT2D eigenvalue weighted by Gasteiger charge is 2.23. The third-order valence-electron chi connectivity index (χ3n) is 2.38. The highest BCUT2D eigenvalue weighted by atomic mass is 32.2. The quantitative estimate of drug-likeness (QED) is 0.835. The molecule has 0 amide bonds. The van der Waals surface area contributed by atoms with Gasteiger partial charge in [0.1, 0.15) is 4.88 Å². The number of hydrogen-bond acceptors (Lipinski definition) is 5. The van der Waals surface area contributed by atoms with E-state index in [0.29, 0.717) is 0 Å². The van der Waals surface area contributed by atoms with Crippen LogP contribution in [0.15, 0.2) is 11.4 Å². The number of carbonyl (C=O) groups is 1. The SMILES string of the molecule is COC(=O)c1sccc1NS(=O)(=O)N(C)C(C)C. The Morgan fingerprint density at radius 1 is 1.50 bits per heavy atom. The molecular weight excluding hydrogens is 276 g/mol. The van der Waals surface area contributed by atoms with Gasteiger partial charge >= 0.3 is 16.2 Å². The summed E-state index contributed by atoms with van der Waals surface area (Å²) < 4.78 is 32.1. The molecule has 0 radical (unpaired) electrons. The van der Waals surface area contributed by atoms with Crippen LogP contribution in [-0.4, -0.2) is 38.9 Å². The second-order valence-corrected chi connectivity index (χ2v) is 6.52. The lowest BCUT2D eigenvalue weighted by Gasteiger charge is -2.21. The molecule has 18 heavy (non-hydrogen) atoms. The van der Waals surface area contributed by atoms with E-state index in [9.17, 15) is 13.2 Å². The number of esters is 1. The van der Waals surface area contributed by atoms with Crippen molar-refractivity contribution in [2.75, 3.05) is 18.9 Å². The summed E-state index contributed by atoms with van der Waals surface area (Å²) in [7, 11) is -0.945. The van der Waals surface area contributed by atoms with E-state index in [-0.39, 0.29) is 16.6 Å². The zero-order valence-electron chi connectivity index (χ0n) is 10.6. The molecule has 0 fully saturated rings. The lowest BCUT2D eigenvalue weighted by atomic mass is 10.4. The molecule has 0 aliphatic rings. The Morgan fingerprint density at radius 2 is 2.11 bits per heavy atom. The van der Waals surface area contributed by atoms with Crippen LogP contribution in [-0.2, 0) is 14.9 Å². The fourth-order valence-corrected chi connectivity index (χ4v) is 3.11. The predicted octanol–water partition coefficient (Wildman–Crippen LogP) is 1.53. The molecule has 102 valence electrons. The maximum Gasteiger partial charge on any atom is 0.350 e. The number of anilines is 1. The topological polar surface area (TPSA) is 75.7 Å². The number of nitrogens with one attached hydrogen (secondary N) is 1. The van der Waals surface area contributed by atoms with Crippen LogP contribution in [0.1, 0.15) is 23.5 Å². The number of methoxy groups -OCH3 is 1. The number of hydrogen-bond donors (Lipinski definition) is 1. The molecule has 1 aromatic heterocycles. The van der Waals surface area contributed by atoms with Crippen molar-refractivity contribution in [3.05, 3.63) is 16.3 Å². The van der Waals surface area contributed by atoms with Crippen LogP contribution < -0.4 is 4.72 Å². The van der Waals surface area contributed by atoms with Crippen molar-refractivity contribution in [3.8, 4) is 0 Å². The van der Waals surface area contributed by atoms with Crippen molar-refractivity contribution in [1.29, 1.82) is 0 Å². The summed E-state index contributed by atoms with van der Waals surface area (Å²) in [6, 6.07) is 1.35. The highest BCUT2D eigenvalue weighted by molar-refractivity contribution is 7.90. The Balaban J connectivity index is 2.99. The van der Waals surface area contributed by atoms with Gasteiger partial charge in [0, 0.05) is 13.1 Å². The van der Waals surface area contributed by atoms with Gasteiger partial charge in [-0.2, -0.15) is 12.7 Å². The van der Waals surface area contributed by atoms with Crippen molar-refractivity contribution in [1.82, 2.24) is 4.31 Å². The summed E-state index contributed by atoms with van der Waals surface area (Å²) in [5.74, 6) is -0.560. The third-order valence-corrected chi connectivity index (χ3v) is 4.93. The normalized spacial score (nSPS) is 11.9. The maximum absolute atomic E-state index is 12.0. The van der Waals surface area contributed by atoms with Crippen LogP contribution in [0.3, 0.4) is 0 Å². The van der Waals surface area contributed by atoms with E-state index in [0.717, 1.165) is 11.3 Å². The van der Waals surface area contributed by atoms with Crippen LogP contribution >= 0.6 is 11.3 Å². The number of nitrogens with zero attached hydrogens (tertiary/aromatic N) is 1. The largest absolute Gasteiger partial charge is 0.465 e. The minimum atomic E-state index is -3.66. The van der Waals surface area contributed by atoms with Crippen LogP contribution in [0.2, 0.25) is 0 Å². The third kappa shape index (κ3) is 3.21. The number of rotatable bonds is 5. The second-order valence-electron chi connectivity index (χ2n) is 3.87. The Bertz CT molecular complexity index is 522. The van der Waals surface area contributed by atoms with Gasteiger partial charge in [-0.15, -0.1) is 11.3 Å². The predicted molar refractivity (Wildman–Crippen MR) is 71.1 cm³/mol. The average Bonchev–Trinajstić information content (AvgIpc) is 2.74. The summed E-state index contributed by atoms with van der Waals surface area (Å²) in [5.41, 5.74) is 0.236. The molecule has 0 saturated heterocycles. The summed E-state index contributed by atoms with van der Waals surface area (Å²) in [5, 5.41) is 1.62. The zero-order chi connectivity index (χ0) is 13.9. The molecule has 8 heteroatoms. The summed E-state index contributed by atoms with van der Waals surface area (Å²) in [6.45, 7) is 3.52. The molecule has 1 rings (SSSR count). The van der Waals surface area contributed by atoms with Gasteiger partial charge in [0.2, 0.25) is 0 Å². The number of thiophene rings is 1. The van der Waals surface area contributed by atoms with Gasteiger partial charge in [0.15, 0.2) is 0 Å². The van der Waals surface area contributed by atoms with Crippen molar-refractivity contribution >= 4 is 33.2 Å². The summed E-state index contributed by atoms with van der Waals surface area (Å²) >= 11 is 1.12. The monoisotopic (exact) mass is 292 g/mol. The first-order valence-electron chi connectivity index (χ1n) is 5.21. The first-order valence-corrected chi connectivity index (χ1v) is 7.53. The smallest absolute Gasteiger partial charge is 0.350 e. The van der Waals surface area contributed by atoms with Gasteiger partial charge in [0.05, 0.1) is 12.8 Å². The minimum Gasteiger partial charge on any atom is -0.465 e. The van der Waals surface area contributed by atoms with E-state index in [2.05, 4.69) is 9.46 Å².